The number of nitrogens with zero attached hydrogens (tertiary/aromatic N) is 3. The molecule has 0 aliphatic carbocycles. The molecule has 0 atom stereocenters. The van der Waals surface area contributed by atoms with Gasteiger partial charge < -0.3 is 9.47 Å². The first-order valence-corrected chi connectivity index (χ1v) is 10.4. The number of carbonyl (C=O) groups is 1. The van der Waals surface area contributed by atoms with Crippen molar-refractivity contribution in [2.45, 2.75) is 20.0 Å². The summed E-state index contributed by atoms with van der Waals surface area (Å²) >= 11 is 0. The third-order valence-corrected chi connectivity index (χ3v) is 5.59. The average Bonchev–Trinajstić information content (AvgIpc) is 2.76. The Bertz CT molecular complexity index is 1070. The van der Waals surface area contributed by atoms with Gasteiger partial charge in [-0.05, 0) is 30.2 Å². The molecule has 0 radical (unpaired) electrons. The summed E-state index contributed by atoms with van der Waals surface area (Å²) in [6.45, 7) is 6.35. The van der Waals surface area contributed by atoms with Crippen LogP contribution < -0.4 is 5.56 Å². The summed E-state index contributed by atoms with van der Waals surface area (Å²) in [5, 5.41) is 0. The van der Waals surface area contributed by atoms with E-state index >= 15 is 0 Å². The van der Waals surface area contributed by atoms with Crippen LogP contribution in [0.4, 0.5) is 0 Å². The zero-order chi connectivity index (χ0) is 20.9. The number of hydrogen-bond acceptors (Lipinski definition) is 3. The number of aromatic nitrogens is 1. The average molecular weight is 402 g/mol. The normalized spacial score (nSPS) is 14.6. The lowest BCUT2D eigenvalue weighted by atomic mass is 10.1. The lowest BCUT2D eigenvalue weighted by molar-refractivity contribution is 0.0626. The van der Waals surface area contributed by atoms with E-state index in [9.17, 15) is 9.59 Å². The number of benzene rings is 2. The lowest BCUT2D eigenvalue weighted by Gasteiger charge is -2.34. The number of carbonyl (C=O) groups excluding carboxylic acids is 1. The quantitative estimate of drug-likeness (QED) is 0.660. The summed E-state index contributed by atoms with van der Waals surface area (Å²) in [5.74, 6) is -0.169. The monoisotopic (exact) mass is 401 g/mol. The molecule has 1 amide bonds. The molecular formula is C25H27N3O2. The van der Waals surface area contributed by atoms with Crippen LogP contribution in [0.25, 0.3) is 0 Å². The number of aryl methyl sites for hydroxylation is 1. The molecule has 5 heteroatoms. The van der Waals surface area contributed by atoms with Gasteiger partial charge in [-0.25, -0.2) is 0 Å². The van der Waals surface area contributed by atoms with Crippen LogP contribution in [0.5, 0.6) is 0 Å². The van der Waals surface area contributed by atoms with Gasteiger partial charge in [-0.1, -0.05) is 60.2 Å². The summed E-state index contributed by atoms with van der Waals surface area (Å²) in [5.41, 5.74) is 3.61. The van der Waals surface area contributed by atoms with Crippen molar-refractivity contribution in [2.75, 3.05) is 26.2 Å². The molecule has 30 heavy (non-hydrogen) atoms. The van der Waals surface area contributed by atoms with Gasteiger partial charge in [0.05, 0.1) is 6.54 Å². The molecule has 1 aliphatic rings. The fraction of sp³-hybridized carbons (Fsp3) is 0.280. The van der Waals surface area contributed by atoms with Crippen molar-refractivity contribution in [1.82, 2.24) is 14.4 Å². The van der Waals surface area contributed by atoms with Crippen LogP contribution in [0.2, 0.25) is 0 Å². The first-order valence-electron chi connectivity index (χ1n) is 10.4. The molecular weight excluding hydrogens is 374 g/mol. The Morgan fingerprint density at radius 2 is 1.57 bits per heavy atom. The summed E-state index contributed by atoms with van der Waals surface area (Å²) in [6.07, 6.45) is 1.74. The van der Waals surface area contributed by atoms with Gasteiger partial charge in [-0.15, -0.1) is 0 Å². The smallest absolute Gasteiger partial charge is 0.263 e. The number of pyridine rings is 1. The van der Waals surface area contributed by atoms with Gasteiger partial charge in [-0.3, -0.25) is 14.5 Å². The minimum absolute atomic E-state index is 0.169. The van der Waals surface area contributed by atoms with Crippen molar-refractivity contribution in [3.8, 4) is 0 Å². The zero-order valence-corrected chi connectivity index (χ0v) is 17.3. The highest BCUT2D eigenvalue weighted by Crippen LogP contribution is 2.12. The fourth-order valence-electron chi connectivity index (χ4n) is 3.95. The van der Waals surface area contributed by atoms with E-state index in [0.717, 1.165) is 25.2 Å². The highest BCUT2D eigenvalue weighted by molar-refractivity contribution is 5.93. The molecule has 0 unspecified atom stereocenters. The number of piperazine rings is 1. The van der Waals surface area contributed by atoms with Crippen molar-refractivity contribution < 1.29 is 4.79 Å². The van der Waals surface area contributed by atoms with Crippen molar-refractivity contribution >= 4 is 5.91 Å². The maximum absolute atomic E-state index is 13.0. The Kier molecular flexibility index (Phi) is 6.10. The number of hydrogen-bond donors (Lipinski definition) is 0. The van der Waals surface area contributed by atoms with Crippen molar-refractivity contribution in [1.29, 1.82) is 0 Å². The molecule has 1 fully saturated rings. The van der Waals surface area contributed by atoms with E-state index in [4.69, 9.17) is 0 Å². The molecule has 3 aromatic rings. The second-order valence-electron chi connectivity index (χ2n) is 7.90. The molecule has 1 saturated heterocycles. The molecule has 2 heterocycles. The largest absolute Gasteiger partial charge is 0.336 e. The van der Waals surface area contributed by atoms with Crippen LogP contribution in [0.3, 0.4) is 0 Å². The van der Waals surface area contributed by atoms with Crippen LogP contribution >= 0.6 is 0 Å². The molecule has 0 saturated carbocycles. The Hall–Kier alpha value is -3.18. The van der Waals surface area contributed by atoms with Gasteiger partial charge >= 0.3 is 0 Å². The summed E-state index contributed by atoms with van der Waals surface area (Å²) in [6, 6.07) is 21.8. The SMILES string of the molecule is Cc1cccc(CN2CCN(C(=O)c3cccn(Cc4ccccc4)c3=O)CC2)c1. The van der Waals surface area contributed by atoms with Crippen molar-refractivity contribution in [2.24, 2.45) is 0 Å². The minimum atomic E-state index is -0.228. The molecule has 0 N–H and O–H groups in total. The zero-order valence-electron chi connectivity index (χ0n) is 17.3. The second kappa shape index (κ2) is 9.09. The predicted octanol–water partition coefficient (Wildman–Crippen LogP) is 3.16. The van der Waals surface area contributed by atoms with Crippen LogP contribution in [-0.4, -0.2) is 46.5 Å². The third kappa shape index (κ3) is 4.69. The Morgan fingerprint density at radius 1 is 0.833 bits per heavy atom. The van der Waals surface area contributed by atoms with E-state index < -0.39 is 0 Å². The van der Waals surface area contributed by atoms with Gasteiger partial charge in [0.2, 0.25) is 0 Å². The molecule has 1 aliphatic heterocycles. The maximum atomic E-state index is 13.0. The molecule has 0 bridgehead atoms. The Labute approximate surface area is 177 Å². The van der Waals surface area contributed by atoms with Gasteiger partial charge in [-0.2, -0.15) is 0 Å². The van der Waals surface area contributed by atoms with Gasteiger partial charge in [0, 0.05) is 38.9 Å². The van der Waals surface area contributed by atoms with E-state index in [1.54, 1.807) is 27.8 Å². The van der Waals surface area contributed by atoms with Gasteiger partial charge in [0.1, 0.15) is 5.56 Å². The highest BCUT2D eigenvalue weighted by Gasteiger charge is 2.24. The third-order valence-electron chi connectivity index (χ3n) is 5.59. The maximum Gasteiger partial charge on any atom is 0.263 e. The summed E-state index contributed by atoms with van der Waals surface area (Å²) in [7, 11) is 0. The predicted molar refractivity (Wildman–Crippen MR) is 119 cm³/mol. The van der Waals surface area contributed by atoms with Crippen LogP contribution in [-0.2, 0) is 13.1 Å². The van der Waals surface area contributed by atoms with Crippen molar-refractivity contribution in [3.63, 3.8) is 0 Å². The highest BCUT2D eigenvalue weighted by atomic mass is 16.2. The fourth-order valence-corrected chi connectivity index (χ4v) is 3.95. The van der Waals surface area contributed by atoms with Crippen LogP contribution in [0, 0.1) is 6.92 Å². The van der Waals surface area contributed by atoms with Crippen LogP contribution in [0.1, 0.15) is 27.0 Å². The Morgan fingerprint density at radius 3 is 2.30 bits per heavy atom. The van der Waals surface area contributed by atoms with E-state index in [1.165, 1.54) is 11.1 Å². The van der Waals surface area contributed by atoms with Gasteiger partial charge in [0.15, 0.2) is 0 Å². The van der Waals surface area contributed by atoms with E-state index in [0.29, 0.717) is 19.6 Å². The van der Waals surface area contributed by atoms with E-state index in [1.807, 2.05) is 30.3 Å². The lowest BCUT2D eigenvalue weighted by Crippen LogP contribution is -2.49. The number of rotatable bonds is 5. The van der Waals surface area contributed by atoms with E-state index in [2.05, 4.69) is 36.1 Å². The minimum Gasteiger partial charge on any atom is -0.336 e. The molecule has 4 rings (SSSR count). The molecule has 1 aromatic heterocycles. The van der Waals surface area contributed by atoms with E-state index in [-0.39, 0.29) is 17.0 Å². The topological polar surface area (TPSA) is 45.5 Å². The number of amides is 1. The second-order valence-corrected chi connectivity index (χ2v) is 7.90. The Balaban J connectivity index is 1.40. The van der Waals surface area contributed by atoms with Crippen LogP contribution in [0.15, 0.2) is 77.7 Å². The molecule has 0 spiro atoms. The van der Waals surface area contributed by atoms with Crippen molar-refractivity contribution in [3.05, 3.63) is 106 Å². The first kappa shape index (κ1) is 20.1. The van der Waals surface area contributed by atoms with Gasteiger partial charge in [0.25, 0.3) is 11.5 Å². The first-order chi connectivity index (χ1) is 14.6. The summed E-state index contributed by atoms with van der Waals surface area (Å²) < 4.78 is 1.61. The molecule has 154 valence electrons. The molecule has 5 nitrogen and oxygen atoms in total. The molecule has 2 aromatic carbocycles. The summed E-state index contributed by atoms with van der Waals surface area (Å²) in [4.78, 5) is 30.1. The standard InChI is InChI=1S/C25H27N3O2/c1-20-7-5-10-22(17-20)18-26-13-15-27(16-14-26)24(29)23-11-6-12-28(25(23)30)19-21-8-3-2-4-9-21/h2-12,17H,13-16,18-19H2,1H3.